The Kier molecular flexibility index (Phi) is 5.07. The number of amides is 1. The third-order valence-corrected chi connectivity index (χ3v) is 4.39. The van der Waals surface area contributed by atoms with Crippen LogP contribution in [0.15, 0.2) is 91.0 Å². The van der Waals surface area contributed by atoms with Crippen molar-refractivity contribution in [3.05, 3.63) is 108 Å². The zero-order chi connectivity index (χ0) is 16.8. The minimum Gasteiger partial charge on any atom is -0.369 e. The Labute approximate surface area is 143 Å². The van der Waals surface area contributed by atoms with E-state index in [1.165, 1.54) is 5.56 Å². The number of nitrogens with two attached hydrogens (primary N) is 1. The monoisotopic (exact) mass is 315 g/mol. The van der Waals surface area contributed by atoms with Crippen LogP contribution < -0.4 is 5.73 Å². The standard InChI is InChI=1S/C22H21NO/c23-22(24)21(19-14-8-3-9-15-19)20(18-12-6-2-7-13-18)16-17-10-4-1-5-11-17/h1-15,20-21H,16H2,(H2,23,24)/t20-,21+/m0/s1. The lowest BCUT2D eigenvalue weighted by atomic mass is 9.77. The molecule has 3 aromatic carbocycles. The zero-order valence-corrected chi connectivity index (χ0v) is 13.5. The summed E-state index contributed by atoms with van der Waals surface area (Å²) in [5.74, 6) is -0.631. The lowest BCUT2D eigenvalue weighted by Gasteiger charge is -2.26. The maximum absolute atomic E-state index is 12.3. The maximum atomic E-state index is 12.3. The number of carbonyl (C=O) groups excluding carboxylic acids is 1. The molecule has 3 rings (SSSR count). The van der Waals surface area contributed by atoms with E-state index >= 15 is 0 Å². The Bertz CT molecular complexity index is 769. The number of primary amides is 1. The van der Waals surface area contributed by atoms with Crippen molar-refractivity contribution in [3.8, 4) is 0 Å². The second-order valence-corrected chi connectivity index (χ2v) is 6.00. The van der Waals surface area contributed by atoms with Gasteiger partial charge in [0, 0.05) is 5.92 Å². The predicted molar refractivity (Wildman–Crippen MR) is 97.7 cm³/mol. The van der Waals surface area contributed by atoms with Gasteiger partial charge in [-0.05, 0) is 23.1 Å². The van der Waals surface area contributed by atoms with Crippen molar-refractivity contribution >= 4 is 5.91 Å². The summed E-state index contributed by atoms with van der Waals surface area (Å²) in [6.07, 6.45) is 0.771. The van der Waals surface area contributed by atoms with Crippen molar-refractivity contribution in [1.29, 1.82) is 0 Å². The van der Waals surface area contributed by atoms with Crippen LogP contribution in [0.2, 0.25) is 0 Å². The van der Waals surface area contributed by atoms with E-state index in [0.29, 0.717) is 0 Å². The van der Waals surface area contributed by atoms with Crippen LogP contribution in [0, 0.1) is 0 Å². The summed E-state index contributed by atoms with van der Waals surface area (Å²) in [5, 5.41) is 0. The molecule has 0 aliphatic carbocycles. The molecule has 2 nitrogen and oxygen atoms in total. The summed E-state index contributed by atoms with van der Waals surface area (Å²) >= 11 is 0. The van der Waals surface area contributed by atoms with Crippen molar-refractivity contribution in [2.45, 2.75) is 18.3 Å². The van der Waals surface area contributed by atoms with Gasteiger partial charge in [0.05, 0.1) is 5.92 Å². The van der Waals surface area contributed by atoms with Crippen molar-refractivity contribution in [1.82, 2.24) is 0 Å². The number of benzene rings is 3. The molecule has 0 aliphatic rings. The third kappa shape index (κ3) is 3.72. The number of hydrogen-bond donors (Lipinski definition) is 1. The second-order valence-electron chi connectivity index (χ2n) is 6.00. The molecule has 0 bridgehead atoms. The first-order valence-corrected chi connectivity index (χ1v) is 8.19. The van der Waals surface area contributed by atoms with Crippen LogP contribution in [0.1, 0.15) is 28.5 Å². The molecular formula is C22H21NO. The summed E-state index contributed by atoms with van der Waals surface area (Å²) in [7, 11) is 0. The molecule has 0 fully saturated rings. The third-order valence-electron chi connectivity index (χ3n) is 4.39. The van der Waals surface area contributed by atoms with Gasteiger partial charge in [0.1, 0.15) is 0 Å². The van der Waals surface area contributed by atoms with Gasteiger partial charge < -0.3 is 5.73 Å². The molecule has 0 aromatic heterocycles. The molecule has 0 heterocycles. The quantitative estimate of drug-likeness (QED) is 0.725. The SMILES string of the molecule is NC(=O)[C@H](c1ccccc1)[C@@H](Cc1ccccc1)c1ccccc1. The predicted octanol–water partition coefficient (Wildman–Crippen LogP) is 4.28. The van der Waals surface area contributed by atoms with Crippen LogP contribution in [-0.2, 0) is 11.2 Å². The van der Waals surface area contributed by atoms with E-state index < -0.39 is 0 Å². The van der Waals surface area contributed by atoms with Crippen molar-refractivity contribution in [3.63, 3.8) is 0 Å². The Morgan fingerprint density at radius 2 is 1.17 bits per heavy atom. The van der Waals surface area contributed by atoms with Gasteiger partial charge in [0.15, 0.2) is 0 Å². The number of carbonyl (C=O) groups is 1. The van der Waals surface area contributed by atoms with E-state index in [9.17, 15) is 4.79 Å². The fraction of sp³-hybridized carbons (Fsp3) is 0.136. The highest BCUT2D eigenvalue weighted by Gasteiger charge is 2.29. The molecule has 2 atom stereocenters. The fourth-order valence-electron chi connectivity index (χ4n) is 3.25. The Morgan fingerprint density at radius 3 is 1.67 bits per heavy atom. The zero-order valence-electron chi connectivity index (χ0n) is 13.5. The minimum atomic E-state index is -0.353. The van der Waals surface area contributed by atoms with Gasteiger partial charge >= 0.3 is 0 Å². The largest absolute Gasteiger partial charge is 0.369 e. The van der Waals surface area contributed by atoms with Gasteiger partial charge in [0.25, 0.3) is 0 Å². The van der Waals surface area contributed by atoms with E-state index in [1.54, 1.807) is 0 Å². The van der Waals surface area contributed by atoms with Crippen LogP contribution in [0.4, 0.5) is 0 Å². The maximum Gasteiger partial charge on any atom is 0.225 e. The second kappa shape index (κ2) is 7.60. The molecule has 120 valence electrons. The Morgan fingerprint density at radius 1 is 0.708 bits per heavy atom. The van der Waals surface area contributed by atoms with Crippen LogP contribution in [0.5, 0.6) is 0 Å². The van der Waals surface area contributed by atoms with E-state index in [4.69, 9.17) is 5.73 Å². The molecule has 0 unspecified atom stereocenters. The molecule has 1 amide bonds. The van der Waals surface area contributed by atoms with Crippen LogP contribution in [0.25, 0.3) is 0 Å². The first-order chi connectivity index (χ1) is 11.8. The average Bonchev–Trinajstić information content (AvgIpc) is 2.63. The van der Waals surface area contributed by atoms with Gasteiger partial charge in [-0.2, -0.15) is 0 Å². The summed E-state index contributed by atoms with van der Waals surface area (Å²) in [4.78, 5) is 12.3. The normalized spacial score (nSPS) is 13.2. The minimum absolute atomic E-state index is 0.00787. The Balaban J connectivity index is 2.03. The van der Waals surface area contributed by atoms with Crippen molar-refractivity contribution in [2.24, 2.45) is 5.73 Å². The Hall–Kier alpha value is -2.87. The summed E-state index contributed by atoms with van der Waals surface area (Å²) < 4.78 is 0. The molecule has 0 aliphatic heterocycles. The van der Waals surface area contributed by atoms with Crippen molar-refractivity contribution < 1.29 is 4.79 Å². The van der Waals surface area contributed by atoms with E-state index in [2.05, 4.69) is 24.3 Å². The van der Waals surface area contributed by atoms with Gasteiger partial charge in [-0.25, -0.2) is 0 Å². The molecule has 2 N–H and O–H groups in total. The summed E-state index contributed by atoms with van der Waals surface area (Å²) in [5.41, 5.74) is 9.12. The number of rotatable bonds is 6. The molecule has 24 heavy (non-hydrogen) atoms. The molecule has 0 radical (unpaired) electrons. The van der Waals surface area contributed by atoms with Crippen molar-refractivity contribution in [2.75, 3.05) is 0 Å². The van der Waals surface area contributed by atoms with E-state index in [0.717, 1.165) is 17.5 Å². The van der Waals surface area contributed by atoms with Crippen LogP contribution >= 0.6 is 0 Å². The van der Waals surface area contributed by atoms with Crippen LogP contribution in [-0.4, -0.2) is 5.91 Å². The molecule has 0 saturated carbocycles. The van der Waals surface area contributed by atoms with Gasteiger partial charge in [-0.1, -0.05) is 91.0 Å². The molecule has 0 saturated heterocycles. The van der Waals surface area contributed by atoms with Gasteiger partial charge in [-0.3, -0.25) is 4.79 Å². The molecular weight excluding hydrogens is 294 g/mol. The van der Waals surface area contributed by atoms with Crippen LogP contribution in [0.3, 0.4) is 0 Å². The first kappa shape index (κ1) is 16.0. The smallest absolute Gasteiger partial charge is 0.225 e. The molecule has 2 heteroatoms. The summed E-state index contributed by atoms with van der Waals surface area (Å²) in [6.45, 7) is 0. The summed E-state index contributed by atoms with van der Waals surface area (Å²) in [6, 6.07) is 30.2. The lowest BCUT2D eigenvalue weighted by Crippen LogP contribution is -2.28. The molecule has 0 spiro atoms. The highest BCUT2D eigenvalue weighted by molar-refractivity contribution is 5.83. The number of hydrogen-bond acceptors (Lipinski definition) is 1. The average molecular weight is 315 g/mol. The first-order valence-electron chi connectivity index (χ1n) is 8.19. The van der Waals surface area contributed by atoms with E-state index in [1.807, 2.05) is 66.7 Å². The molecule has 3 aromatic rings. The van der Waals surface area contributed by atoms with Gasteiger partial charge in [-0.15, -0.1) is 0 Å². The van der Waals surface area contributed by atoms with Gasteiger partial charge in [0.2, 0.25) is 5.91 Å². The topological polar surface area (TPSA) is 43.1 Å². The van der Waals surface area contributed by atoms with E-state index in [-0.39, 0.29) is 17.7 Å². The highest BCUT2D eigenvalue weighted by Crippen LogP contribution is 2.35. The lowest BCUT2D eigenvalue weighted by molar-refractivity contribution is -0.120. The highest BCUT2D eigenvalue weighted by atomic mass is 16.1. The fourth-order valence-corrected chi connectivity index (χ4v) is 3.25.